The predicted octanol–water partition coefficient (Wildman–Crippen LogP) is 5.86. The minimum atomic E-state index is -3.58. The van der Waals surface area contributed by atoms with Crippen LogP contribution in [0.25, 0.3) is 10.4 Å². The molecular formula is C30H36ClN3O7S2. The molecule has 0 spiro atoms. The van der Waals surface area contributed by atoms with Gasteiger partial charge in [-0.2, -0.15) is 4.31 Å². The normalized spacial score (nSPS) is 17.0. The first-order chi connectivity index (χ1) is 20.2. The lowest BCUT2D eigenvalue weighted by atomic mass is 9.89. The number of ether oxygens (including phenoxy) is 2. The van der Waals surface area contributed by atoms with Crippen molar-refractivity contribution in [1.29, 1.82) is 0 Å². The van der Waals surface area contributed by atoms with Gasteiger partial charge in [0.1, 0.15) is 5.02 Å². The molecule has 0 aliphatic carbocycles. The lowest BCUT2D eigenvalue weighted by Gasteiger charge is -2.45. The third-order valence-corrected chi connectivity index (χ3v) is 10.7. The standard InChI is InChI=1S/C30H36ClN3O7S2/c1-18(2)41-24(35)16-40-26-25(31)27(42-28(26)29(36)37)20-8-6-10-22(14-20)33-23-11-12-34(30(3,4)15-23)43(38,39)17-19-7-5-9-21(32)13-19/h5-10,13-14,18,23,33H,11-12,15-17,32H2,1-4H3,(H,36,37)/t23-/m0/s1. The molecule has 1 saturated heterocycles. The van der Waals surface area contributed by atoms with Crippen LogP contribution in [0.1, 0.15) is 55.8 Å². The highest BCUT2D eigenvalue weighted by Crippen LogP contribution is 2.46. The number of nitrogens with zero attached hydrogens (tertiary/aromatic N) is 1. The number of hydrogen-bond donors (Lipinski definition) is 3. The van der Waals surface area contributed by atoms with Gasteiger partial charge < -0.3 is 25.6 Å². The van der Waals surface area contributed by atoms with E-state index in [1.807, 2.05) is 32.0 Å². The van der Waals surface area contributed by atoms with Crippen LogP contribution in [0.15, 0.2) is 48.5 Å². The van der Waals surface area contributed by atoms with Gasteiger partial charge in [0.25, 0.3) is 0 Å². The Balaban J connectivity index is 1.48. The van der Waals surface area contributed by atoms with Crippen molar-refractivity contribution in [3.8, 4) is 16.2 Å². The van der Waals surface area contributed by atoms with E-state index in [-0.39, 0.29) is 33.5 Å². The molecule has 1 aliphatic heterocycles. The molecule has 4 N–H and O–H groups in total. The number of carbonyl (C=O) groups excluding carboxylic acids is 1. The molecule has 0 bridgehead atoms. The molecule has 10 nitrogen and oxygen atoms in total. The summed E-state index contributed by atoms with van der Waals surface area (Å²) >= 11 is 7.54. The van der Waals surface area contributed by atoms with E-state index in [0.29, 0.717) is 41.1 Å². The Bertz CT molecular complexity index is 1600. The van der Waals surface area contributed by atoms with Gasteiger partial charge in [-0.05, 0) is 75.9 Å². The number of sulfonamides is 1. The number of anilines is 2. The van der Waals surface area contributed by atoms with Crippen LogP contribution >= 0.6 is 22.9 Å². The van der Waals surface area contributed by atoms with Crippen LogP contribution in [0.2, 0.25) is 5.02 Å². The molecule has 1 fully saturated rings. The molecule has 2 heterocycles. The van der Waals surface area contributed by atoms with Crippen molar-refractivity contribution in [2.24, 2.45) is 0 Å². The summed E-state index contributed by atoms with van der Waals surface area (Å²) in [5.41, 5.74) is 7.83. The van der Waals surface area contributed by atoms with Gasteiger partial charge in [-0.1, -0.05) is 35.9 Å². The number of nitrogens with one attached hydrogen (secondary N) is 1. The van der Waals surface area contributed by atoms with Crippen LogP contribution in [0.4, 0.5) is 11.4 Å². The number of benzene rings is 2. The van der Waals surface area contributed by atoms with Gasteiger partial charge in [0.05, 0.1) is 16.7 Å². The molecule has 1 aromatic heterocycles. The molecule has 4 rings (SSSR count). The molecule has 0 radical (unpaired) electrons. The lowest BCUT2D eigenvalue weighted by molar-refractivity contribution is -0.149. The molecule has 13 heteroatoms. The topological polar surface area (TPSA) is 148 Å². The summed E-state index contributed by atoms with van der Waals surface area (Å²) in [6, 6.07) is 14.3. The van der Waals surface area contributed by atoms with E-state index in [4.69, 9.17) is 26.8 Å². The van der Waals surface area contributed by atoms with E-state index in [1.54, 1.807) is 48.5 Å². The molecule has 1 atom stereocenters. The highest BCUT2D eigenvalue weighted by atomic mass is 35.5. The molecule has 3 aromatic rings. The van der Waals surface area contributed by atoms with Crippen molar-refractivity contribution in [2.75, 3.05) is 24.2 Å². The molecule has 232 valence electrons. The quantitative estimate of drug-likeness (QED) is 0.171. The molecule has 1 aliphatic rings. The predicted molar refractivity (Wildman–Crippen MR) is 169 cm³/mol. The zero-order valence-corrected chi connectivity index (χ0v) is 26.8. The van der Waals surface area contributed by atoms with Crippen molar-refractivity contribution in [3.63, 3.8) is 0 Å². The fourth-order valence-electron chi connectivity index (χ4n) is 5.26. The SMILES string of the molecule is CC(C)OC(=O)COc1c(C(=O)O)sc(-c2cccc(N[C@H]3CCN(S(=O)(=O)Cc4cccc(N)c4)C(C)(C)C3)c2)c1Cl. The second-order valence-corrected chi connectivity index (χ2v) is 14.6. The minimum absolute atomic E-state index is 0.0108. The largest absolute Gasteiger partial charge is 0.479 e. The van der Waals surface area contributed by atoms with Crippen LogP contribution in [0.3, 0.4) is 0 Å². The van der Waals surface area contributed by atoms with Gasteiger partial charge in [-0.3, -0.25) is 0 Å². The van der Waals surface area contributed by atoms with Gasteiger partial charge in [-0.25, -0.2) is 18.0 Å². The highest BCUT2D eigenvalue weighted by Gasteiger charge is 2.41. The zero-order chi connectivity index (χ0) is 31.5. The Labute approximate surface area is 260 Å². The number of nitrogens with two attached hydrogens (primary N) is 1. The summed E-state index contributed by atoms with van der Waals surface area (Å²) in [5.74, 6) is -2.06. The number of rotatable bonds is 11. The maximum atomic E-state index is 13.4. The van der Waals surface area contributed by atoms with E-state index < -0.39 is 34.1 Å². The number of carbonyl (C=O) groups is 2. The smallest absolute Gasteiger partial charge is 0.349 e. The Morgan fingerprint density at radius 2 is 1.93 bits per heavy atom. The third-order valence-electron chi connectivity index (χ3n) is 6.94. The number of aromatic carboxylic acids is 1. The van der Waals surface area contributed by atoms with Gasteiger partial charge in [-0.15, -0.1) is 11.3 Å². The van der Waals surface area contributed by atoms with Crippen LogP contribution < -0.4 is 15.8 Å². The van der Waals surface area contributed by atoms with Crippen LogP contribution in [-0.2, 0) is 25.3 Å². The van der Waals surface area contributed by atoms with Gasteiger partial charge in [0, 0.05) is 29.5 Å². The summed E-state index contributed by atoms with van der Waals surface area (Å²) in [5, 5.41) is 13.4. The first kappa shape index (κ1) is 32.6. The molecule has 0 unspecified atom stereocenters. The van der Waals surface area contributed by atoms with E-state index in [0.717, 1.165) is 17.0 Å². The first-order valence-corrected chi connectivity index (χ1v) is 16.6. The zero-order valence-electron chi connectivity index (χ0n) is 24.4. The summed E-state index contributed by atoms with van der Waals surface area (Å²) in [7, 11) is -3.58. The second kappa shape index (κ2) is 13.1. The number of nitrogen functional groups attached to an aromatic ring is 1. The van der Waals surface area contributed by atoms with E-state index in [9.17, 15) is 23.1 Å². The van der Waals surface area contributed by atoms with Gasteiger partial charge in [0.15, 0.2) is 17.2 Å². The number of thiophene rings is 1. The molecule has 0 saturated carbocycles. The monoisotopic (exact) mass is 649 g/mol. The number of halogens is 1. The number of hydrogen-bond acceptors (Lipinski definition) is 9. The first-order valence-electron chi connectivity index (χ1n) is 13.8. The Morgan fingerprint density at radius 1 is 1.21 bits per heavy atom. The van der Waals surface area contributed by atoms with E-state index in [1.165, 1.54) is 0 Å². The lowest BCUT2D eigenvalue weighted by Crippen LogP contribution is -2.55. The number of carboxylic acid groups (broad SMARTS) is 1. The van der Waals surface area contributed by atoms with Gasteiger partial charge in [0.2, 0.25) is 10.0 Å². The van der Waals surface area contributed by atoms with E-state index in [2.05, 4.69) is 5.32 Å². The van der Waals surface area contributed by atoms with Crippen molar-refractivity contribution < 1.29 is 32.6 Å². The van der Waals surface area contributed by atoms with E-state index >= 15 is 0 Å². The average Bonchev–Trinajstić information content (AvgIpc) is 3.22. The van der Waals surface area contributed by atoms with Crippen molar-refractivity contribution >= 4 is 56.3 Å². The van der Waals surface area contributed by atoms with Crippen molar-refractivity contribution in [3.05, 3.63) is 64.0 Å². The van der Waals surface area contributed by atoms with Gasteiger partial charge >= 0.3 is 11.9 Å². The average molecular weight is 650 g/mol. The summed E-state index contributed by atoms with van der Waals surface area (Å²) in [4.78, 5) is 24.3. The minimum Gasteiger partial charge on any atom is -0.479 e. The second-order valence-electron chi connectivity index (χ2n) is 11.3. The summed E-state index contributed by atoms with van der Waals surface area (Å²) < 4.78 is 38.9. The number of carboxylic acids is 1. The Morgan fingerprint density at radius 3 is 2.58 bits per heavy atom. The van der Waals surface area contributed by atoms with Crippen molar-refractivity contribution in [1.82, 2.24) is 4.31 Å². The van der Waals surface area contributed by atoms with Crippen LogP contribution in [-0.4, -0.2) is 60.6 Å². The Kier molecular flexibility index (Phi) is 9.95. The number of esters is 1. The molecule has 2 aromatic carbocycles. The fraction of sp³-hybridized carbons (Fsp3) is 0.400. The Hall–Kier alpha value is -3.32. The maximum Gasteiger partial charge on any atom is 0.349 e. The summed E-state index contributed by atoms with van der Waals surface area (Å²) in [6.07, 6.45) is 0.827. The summed E-state index contributed by atoms with van der Waals surface area (Å²) in [6.45, 7) is 7.13. The molecule has 43 heavy (non-hydrogen) atoms. The highest BCUT2D eigenvalue weighted by molar-refractivity contribution is 7.88. The van der Waals surface area contributed by atoms with Crippen LogP contribution in [0.5, 0.6) is 5.75 Å². The molecular weight excluding hydrogens is 614 g/mol. The van der Waals surface area contributed by atoms with Crippen LogP contribution in [0, 0.1) is 0 Å². The number of piperidine rings is 1. The van der Waals surface area contributed by atoms with Crippen molar-refractivity contribution in [2.45, 2.75) is 64.0 Å². The third kappa shape index (κ3) is 7.99. The molecule has 0 amide bonds. The fourth-order valence-corrected chi connectivity index (χ4v) is 8.63. The maximum absolute atomic E-state index is 13.4.